The summed E-state index contributed by atoms with van der Waals surface area (Å²) in [6.45, 7) is 3.55. The summed E-state index contributed by atoms with van der Waals surface area (Å²) in [6.07, 6.45) is 2.48. The lowest BCUT2D eigenvalue weighted by molar-refractivity contribution is -0.384. The summed E-state index contributed by atoms with van der Waals surface area (Å²) in [5.41, 5.74) is 6.03. The number of benzene rings is 3. The molecule has 0 atom stereocenters. The molecule has 3 aromatic rings. The zero-order chi connectivity index (χ0) is 26.3. The lowest BCUT2D eigenvalue weighted by atomic mass is 10.1. The number of hydrazone groups is 1. The quantitative estimate of drug-likeness (QED) is 0.251. The summed E-state index contributed by atoms with van der Waals surface area (Å²) in [5.74, 6) is 0.00525. The third-order valence-electron chi connectivity index (χ3n) is 5.02. The van der Waals surface area contributed by atoms with E-state index >= 15 is 0 Å². The molecule has 0 aliphatic heterocycles. The number of anilines is 1. The maximum Gasteiger partial charge on any atom is 0.269 e. The normalized spacial score (nSPS) is 11.3. The molecule has 0 aliphatic rings. The number of nitro benzene ring substituents is 1. The number of rotatable bonds is 10. The lowest BCUT2D eigenvalue weighted by Gasteiger charge is -2.22. The third kappa shape index (κ3) is 7.64. The fourth-order valence-electron chi connectivity index (χ4n) is 3.37. The second-order valence-corrected chi connectivity index (χ2v) is 10.1. The summed E-state index contributed by atoms with van der Waals surface area (Å²) < 4.78 is 31.3. The van der Waals surface area contributed by atoms with Gasteiger partial charge in [-0.2, -0.15) is 5.10 Å². The topological polar surface area (TPSA) is 131 Å². The largest absolute Gasteiger partial charge is 0.489 e. The molecule has 10 nitrogen and oxygen atoms in total. The van der Waals surface area contributed by atoms with Gasteiger partial charge >= 0.3 is 0 Å². The number of hydrogen-bond acceptors (Lipinski definition) is 7. The van der Waals surface area contributed by atoms with E-state index in [1.807, 2.05) is 19.9 Å². The van der Waals surface area contributed by atoms with Gasteiger partial charge in [0.15, 0.2) is 0 Å². The fraction of sp³-hybridized carbons (Fsp3) is 0.200. The third-order valence-corrected chi connectivity index (χ3v) is 6.16. The van der Waals surface area contributed by atoms with E-state index < -0.39 is 27.4 Å². The van der Waals surface area contributed by atoms with Gasteiger partial charge in [0.2, 0.25) is 10.0 Å². The second-order valence-electron chi connectivity index (χ2n) is 8.19. The standard InChI is InChI=1S/C25H26N4O6S/c1-18-12-19(2)14-23(13-18)28(36(3,33)34)16-25(30)27-26-15-20-6-10-24(11-7-20)35-17-21-4-8-22(9-5-21)29(31)32/h4-15H,16-17H2,1-3H3,(H,27,30)/b26-15-. The van der Waals surface area contributed by atoms with E-state index in [1.165, 1.54) is 18.3 Å². The summed E-state index contributed by atoms with van der Waals surface area (Å²) in [7, 11) is -3.68. The van der Waals surface area contributed by atoms with Crippen LogP contribution >= 0.6 is 0 Å². The van der Waals surface area contributed by atoms with Gasteiger partial charge in [0, 0.05) is 12.1 Å². The zero-order valence-corrected chi connectivity index (χ0v) is 20.9. The highest BCUT2D eigenvalue weighted by molar-refractivity contribution is 7.92. The highest BCUT2D eigenvalue weighted by Gasteiger charge is 2.21. The van der Waals surface area contributed by atoms with E-state index in [2.05, 4.69) is 10.5 Å². The first-order valence-corrected chi connectivity index (χ1v) is 12.7. The first kappa shape index (κ1) is 26.4. The van der Waals surface area contributed by atoms with Crippen molar-refractivity contribution < 1.29 is 22.9 Å². The summed E-state index contributed by atoms with van der Waals surface area (Å²) in [5, 5.41) is 14.6. The predicted octanol–water partition coefficient (Wildman–Crippen LogP) is 3.71. The molecule has 1 amide bonds. The van der Waals surface area contributed by atoms with Crippen molar-refractivity contribution in [2.45, 2.75) is 20.5 Å². The molecule has 188 valence electrons. The first-order chi connectivity index (χ1) is 17.0. The molecule has 0 heterocycles. The monoisotopic (exact) mass is 510 g/mol. The number of ether oxygens (including phenoxy) is 1. The van der Waals surface area contributed by atoms with Crippen LogP contribution in [0.2, 0.25) is 0 Å². The van der Waals surface area contributed by atoms with Gasteiger partial charge in [-0.05, 0) is 84.6 Å². The molecule has 0 spiro atoms. The van der Waals surface area contributed by atoms with E-state index in [9.17, 15) is 23.3 Å². The molecule has 0 radical (unpaired) electrons. The minimum Gasteiger partial charge on any atom is -0.489 e. The molecule has 0 aromatic heterocycles. The van der Waals surface area contributed by atoms with E-state index in [0.29, 0.717) is 17.0 Å². The Morgan fingerprint density at radius 2 is 1.67 bits per heavy atom. The number of nitrogens with one attached hydrogen (secondary N) is 1. The van der Waals surface area contributed by atoms with Crippen LogP contribution in [0.1, 0.15) is 22.3 Å². The van der Waals surface area contributed by atoms with Crippen LogP contribution in [0.15, 0.2) is 71.8 Å². The van der Waals surface area contributed by atoms with Gasteiger partial charge in [0.1, 0.15) is 18.9 Å². The Bertz CT molecular complexity index is 1350. The molecule has 0 fully saturated rings. The van der Waals surface area contributed by atoms with Crippen LogP contribution in [-0.4, -0.2) is 38.3 Å². The number of non-ortho nitro benzene ring substituents is 1. The molecule has 36 heavy (non-hydrogen) atoms. The van der Waals surface area contributed by atoms with Crippen molar-refractivity contribution in [3.8, 4) is 5.75 Å². The number of nitrogens with zero attached hydrogens (tertiary/aromatic N) is 3. The van der Waals surface area contributed by atoms with E-state index in [-0.39, 0.29) is 12.3 Å². The van der Waals surface area contributed by atoms with Crippen molar-refractivity contribution in [3.63, 3.8) is 0 Å². The van der Waals surface area contributed by atoms with Gasteiger partial charge in [-0.25, -0.2) is 13.8 Å². The van der Waals surface area contributed by atoms with E-state index in [4.69, 9.17) is 4.74 Å². The molecule has 0 saturated carbocycles. The van der Waals surface area contributed by atoms with Gasteiger partial charge in [0.25, 0.3) is 11.6 Å². The Morgan fingerprint density at radius 3 is 2.22 bits per heavy atom. The Labute approximate surface area is 209 Å². The van der Waals surface area contributed by atoms with Crippen LogP contribution in [0.3, 0.4) is 0 Å². The van der Waals surface area contributed by atoms with Crippen LogP contribution in [0.4, 0.5) is 11.4 Å². The molecule has 0 unspecified atom stereocenters. The van der Waals surface area contributed by atoms with Crippen molar-refractivity contribution in [1.29, 1.82) is 0 Å². The van der Waals surface area contributed by atoms with Gasteiger partial charge in [-0.3, -0.25) is 19.2 Å². The Kier molecular flexibility index (Phi) is 8.38. The number of amides is 1. The zero-order valence-electron chi connectivity index (χ0n) is 20.0. The van der Waals surface area contributed by atoms with E-state index in [1.54, 1.807) is 48.5 Å². The van der Waals surface area contributed by atoms with Crippen molar-refractivity contribution in [1.82, 2.24) is 5.43 Å². The number of nitro groups is 1. The average Bonchev–Trinajstić information content (AvgIpc) is 2.81. The highest BCUT2D eigenvalue weighted by atomic mass is 32.2. The number of hydrogen-bond donors (Lipinski definition) is 1. The van der Waals surface area contributed by atoms with Gasteiger partial charge in [-0.15, -0.1) is 0 Å². The second kappa shape index (κ2) is 11.5. The Morgan fingerprint density at radius 1 is 1.06 bits per heavy atom. The van der Waals surface area contributed by atoms with Gasteiger partial charge in [0.05, 0.1) is 23.1 Å². The van der Waals surface area contributed by atoms with Crippen molar-refractivity contribution in [2.75, 3.05) is 17.1 Å². The van der Waals surface area contributed by atoms with E-state index in [0.717, 1.165) is 27.3 Å². The average molecular weight is 511 g/mol. The number of carbonyl (C=O) groups excluding carboxylic acids is 1. The number of carbonyl (C=O) groups is 1. The first-order valence-electron chi connectivity index (χ1n) is 10.9. The number of aryl methyl sites for hydroxylation is 2. The SMILES string of the molecule is Cc1cc(C)cc(N(CC(=O)N/N=C\c2ccc(OCc3ccc([N+](=O)[O-])cc3)cc2)S(C)(=O)=O)c1. The molecule has 0 saturated heterocycles. The van der Waals surface area contributed by atoms with Crippen molar-refractivity contribution >= 4 is 33.5 Å². The maximum atomic E-state index is 12.4. The molecule has 3 rings (SSSR count). The minimum atomic E-state index is -3.68. The summed E-state index contributed by atoms with van der Waals surface area (Å²) in [4.78, 5) is 22.6. The maximum absolute atomic E-state index is 12.4. The van der Waals surface area contributed by atoms with Crippen LogP contribution in [0.5, 0.6) is 5.75 Å². The van der Waals surface area contributed by atoms with Gasteiger partial charge in [-0.1, -0.05) is 6.07 Å². The molecule has 11 heteroatoms. The molecule has 1 N–H and O–H groups in total. The summed E-state index contributed by atoms with van der Waals surface area (Å²) >= 11 is 0. The van der Waals surface area contributed by atoms with Crippen molar-refractivity contribution in [2.24, 2.45) is 5.10 Å². The van der Waals surface area contributed by atoms with Crippen LogP contribution in [0.25, 0.3) is 0 Å². The highest BCUT2D eigenvalue weighted by Crippen LogP contribution is 2.21. The molecule has 0 aliphatic carbocycles. The van der Waals surface area contributed by atoms with Crippen LogP contribution < -0.4 is 14.5 Å². The van der Waals surface area contributed by atoms with Crippen LogP contribution in [0, 0.1) is 24.0 Å². The smallest absolute Gasteiger partial charge is 0.269 e. The van der Waals surface area contributed by atoms with Crippen molar-refractivity contribution in [3.05, 3.63) is 99.1 Å². The minimum absolute atomic E-state index is 0.0174. The Hall–Kier alpha value is -4.25. The fourth-order valence-corrected chi connectivity index (χ4v) is 4.21. The molecular weight excluding hydrogens is 484 g/mol. The van der Waals surface area contributed by atoms with Gasteiger partial charge < -0.3 is 4.74 Å². The lowest BCUT2D eigenvalue weighted by Crippen LogP contribution is -2.39. The molecule has 0 bridgehead atoms. The molecule has 3 aromatic carbocycles. The number of sulfonamides is 1. The summed E-state index contributed by atoms with van der Waals surface area (Å²) in [6, 6.07) is 18.3. The Balaban J connectivity index is 1.55. The van der Waals surface area contributed by atoms with Crippen LogP contribution in [-0.2, 0) is 21.4 Å². The predicted molar refractivity (Wildman–Crippen MR) is 138 cm³/mol. The molecular formula is C25H26N4O6S.